The van der Waals surface area contributed by atoms with E-state index in [-0.39, 0.29) is 30.5 Å². The van der Waals surface area contributed by atoms with Crippen LogP contribution in [0, 0.1) is 20.8 Å². The minimum atomic E-state index is -0.542. The first kappa shape index (κ1) is 24.6. The molecule has 0 atom stereocenters. The van der Waals surface area contributed by atoms with Crippen molar-refractivity contribution in [2.24, 2.45) is 5.73 Å². The Bertz CT molecular complexity index is 1450. The molecule has 3 heterocycles. The van der Waals surface area contributed by atoms with Gasteiger partial charge < -0.3 is 24.9 Å². The van der Waals surface area contributed by atoms with Gasteiger partial charge in [-0.25, -0.2) is 4.98 Å². The van der Waals surface area contributed by atoms with Crippen molar-refractivity contribution < 1.29 is 23.3 Å². The fraction of sp³-hybridized carbons (Fsp3) is 0.269. The number of rotatable bonds is 8. The summed E-state index contributed by atoms with van der Waals surface area (Å²) in [5.74, 6) is 0.353. The topological polar surface area (TPSA) is 145 Å². The molecular formula is C26H27N5O5. The van der Waals surface area contributed by atoms with Gasteiger partial charge in [-0.15, -0.1) is 0 Å². The highest BCUT2D eigenvalue weighted by atomic mass is 16.5. The number of anilines is 1. The minimum Gasteiger partial charge on any atom is -0.466 e. The van der Waals surface area contributed by atoms with Gasteiger partial charge in [0.2, 0.25) is 11.8 Å². The number of aromatic nitrogens is 2. The maximum absolute atomic E-state index is 13.6. The zero-order chi connectivity index (χ0) is 26.0. The van der Waals surface area contributed by atoms with Crippen LogP contribution in [0.3, 0.4) is 0 Å². The maximum atomic E-state index is 13.6. The smallest absolute Gasteiger partial charge is 0.259 e. The first-order valence-electron chi connectivity index (χ1n) is 11.5. The lowest BCUT2D eigenvalue weighted by molar-refractivity contribution is -0.116. The number of pyridine rings is 1. The third kappa shape index (κ3) is 4.97. The van der Waals surface area contributed by atoms with E-state index in [9.17, 15) is 14.4 Å². The summed E-state index contributed by atoms with van der Waals surface area (Å²) in [7, 11) is 0. The van der Waals surface area contributed by atoms with E-state index in [0.29, 0.717) is 45.9 Å². The van der Waals surface area contributed by atoms with E-state index in [1.54, 1.807) is 30.0 Å². The van der Waals surface area contributed by atoms with Crippen molar-refractivity contribution in [2.45, 2.75) is 34.1 Å². The number of primary amides is 1. The van der Waals surface area contributed by atoms with Gasteiger partial charge in [-0.05, 0) is 64.1 Å². The molecule has 0 spiro atoms. The summed E-state index contributed by atoms with van der Waals surface area (Å²) in [5, 5.41) is 7.31. The molecule has 0 aliphatic carbocycles. The van der Waals surface area contributed by atoms with Crippen LogP contribution in [0.5, 0.6) is 0 Å². The summed E-state index contributed by atoms with van der Waals surface area (Å²) in [6.45, 7) is 7.88. The first-order valence-corrected chi connectivity index (χ1v) is 11.5. The lowest BCUT2D eigenvalue weighted by Gasteiger charge is -2.21. The van der Waals surface area contributed by atoms with Crippen LogP contribution < -0.4 is 11.1 Å². The molecule has 0 aliphatic heterocycles. The molecular weight excluding hydrogens is 462 g/mol. The predicted octanol–water partition coefficient (Wildman–Crippen LogP) is 4.00. The predicted molar refractivity (Wildman–Crippen MR) is 134 cm³/mol. The number of hydrogen-bond donors (Lipinski definition) is 2. The quantitative estimate of drug-likeness (QED) is 0.380. The second kappa shape index (κ2) is 10.0. The Balaban J connectivity index is 1.54. The number of nitrogens with one attached hydrogen (secondary N) is 1. The highest BCUT2D eigenvalue weighted by Crippen LogP contribution is 2.31. The van der Waals surface area contributed by atoms with Gasteiger partial charge in [0.15, 0.2) is 0 Å². The molecule has 0 fully saturated rings. The van der Waals surface area contributed by atoms with Gasteiger partial charge in [0, 0.05) is 36.3 Å². The molecule has 0 saturated carbocycles. The Kier molecular flexibility index (Phi) is 6.86. The second-order valence-corrected chi connectivity index (χ2v) is 8.45. The molecule has 10 heteroatoms. The van der Waals surface area contributed by atoms with Crippen molar-refractivity contribution in [3.63, 3.8) is 0 Å². The Labute approximate surface area is 207 Å². The minimum absolute atomic E-state index is 0.0842. The van der Waals surface area contributed by atoms with Crippen LogP contribution in [0.1, 0.15) is 51.3 Å². The van der Waals surface area contributed by atoms with Crippen molar-refractivity contribution in [1.82, 2.24) is 15.0 Å². The molecule has 4 rings (SSSR count). The van der Waals surface area contributed by atoms with E-state index < -0.39 is 5.91 Å². The summed E-state index contributed by atoms with van der Waals surface area (Å²) in [4.78, 5) is 43.5. The number of fused-ring (bicyclic) bond motifs is 1. The van der Waals surface area contributed by atoms with Crippen LogP contribution in [-0.2, 0) is 4.79 Å². The van der Waals surface area contributed by atoms with E-state index >= 15 is 0 Å². The summed E-state index contributed by atoms with van der Waals surface area (Å²) >= 11 is 0. The van der Waals surface area contributed by atoms with Crippen molar-refractivity contribution in [3.8, 4) is 11.3 Å². The standard InChI is InChI=1S/C26H27N5O5/c1-5-31(11-10-22(32)28-18-8-6-17(7-9-18)24(27)33)26(34)20-13-21(19-12-14(2)35-16(19)4)29-25-23(20)15(3)30-36-25/h6-9,12-13H,5,10-11H2,1-4H3,(H2,27,33)(H,28,32). The highest BCUT2D eigenvalue weighted by molar-refractivity contribution is 6.07. The SMILES string of the molecule is CCN(CCC(=O)Nc1ccc(C(N)=O)cc1)C(=O)c1cc(-c2cc(C)oc2C)nc2onc(C)c12. The van der Waals surface area contributed by atoms with Crippen molar-refractivity contribution in [3.05, 3.63) is 64.7 Å². The number of nitrogens with zero attached hydrogens (tertiary/aromatic N) is 3. The largest absolute Gasteiger partial charge is 0.466 e. The zero-order valence-corrected chi connectivity index (χ0v) is 20.5. The molecule has 0 saturated heterocycles. The van der Waals surface area contributed by atoms with E-state index in [1.807, 2.05) is 26.8 Å². The van der Waals surface area contributed by atoms with E-state index in [2.05, 4.69) is 15.5 Å². The fourth-order valence-corrected chi connectivity index (χ4v) is 4.04. The van der Waals surface area contributed by atoms with Crippen molar-refractivity contribution >= 4 is 34.5 Å². The monoisotopic (exact) mass is 489 g/mol. The zero-order valence-electron chi connectivity index (χ0n) is 20.5. The molecule has 36 heavy (non-hydrogen) atoms. The first-order chi connectivity index (χ1) is 17.2. The molecule has 186 valence electrons. The molecule has 0 bridgehead atoms. The third-order valence-corrected chi connectivity index (χ3v) is 5.90. The molecule has 3 aromatic heterocycles. The average Bonchev–Trinajstić information content (AvgIpc) is 3.39. The Morgan fingerprint density at radius 1 is 1.08 bits per heavy atom. The van der Waals surface area contributed by atoms with E-state index in [1.165, 1.54) is 12.1 Å². The average molecular weight is 490 g/mol. The molecule has 0 radical (unpaired) electrons. The summed E-state index contributed by atoms with van der Waals surface area (Å²) < 4.78 is 11.0. The van der Waals surface area contributed by atoms with Gasteiger partial charge in [0.05, 0.1) is 22.3 Å². The van der Waals surface area contributed by atoms with E-state index in [0.717, 1.165) is 11.3 Å². The number of furan rings is 1. The number of nitrogens with two attached hydrogens (primary N) is 1. The van der Waals surface area contributed by atoms with Gasteiger partial charge in [0.1, 0.15) is 11.5 Å². The summed E-state index contributed by atoms with van der Waals surface area (Å²) in [6.07, 6.45) is 0.0842. The second-order valence-electron chi connectivity index (χ2n) is 8.45. The maximum Gasteiger partial charge on any atom is 0.259 e. The lowest BCUT2D eigenvalue weighted by atomic mass is 10.0. The Hall–Kier alpha value is -4.47. The fourth-order valence-electron chi connectivity index (χ4n) is 4.04. The number of amides is 3. The van der Waals surface area contributed by atoms with Gasteiger partial charge in [-0.1, -0.05) is 5.16 Å². The summed E-state index contributed by atoms with van der Waals surface area (Å²) in [6, 6.07) is 9.86. The Morgan fingerprint density at radius 2 is 1.81 bits per heavy atom. The van der Waals surface area contributed by atoms with Crippen molar-refractivity contribution in [2.75, 3.05) is 18.4 Å². The van der Waals surface area contributed by atoms with Crippen LogP contribution in [0.25, 0.3) is 22.4 Å². The van der Waals surface area contributed by atoms with Gasteiger partial charge >= 0.3 is 0 Å². The molecule has 1 aromatic carbocycles. The lowest BCUT2D eigenvalue weighted by Crippen LogP contribution is -2.34. The van der Waals surface area contributed by atoms with E-state index in [4.69, 9.17) is 14.7 Å². The van der Waals surface area contributed by atoms with Crippen LogP contribution >= 0.6 is 0 Å². The van der Waals surface area contributed by atoms with Crippen LogP contribution in [0.2, 0.25) is 0 Å². The number of aryl methyl sites for hydroxylation is 3. The molecule has 3 amide bonds. The van der Waals surface area contributed by atoms with Crippen molar-refractivity contribution in [1.29, 1.82) is 0 Å². The molecule has 3 N–H and O–H groups in total. The number of carbonyl (C=O) groups is 3. The van der Waals surface area contributed by atoms with Crippen LogP contribution in [-0.4, -0.2) is 45.9 Å². The van der Waals surface area contributed by atoms with Crippen LogP contribution in [0.4, 0.5) is 5.69 Å². The molecule has 0 aliphatic rings. The van der Waals surface area contributed by atoms with Gasteiger partial charge in [-0.3, -0.25) is 14.4 Å². The van der Waals surface area contributed by atoms with Crippen LogP contribution in [0.15, 0.2) is 45.3 Å². The molecule has 10 nitrogen and oxygen atoms in total. The number of benzene rings is 1. The highest BCUT2D eigenvalue weighted by Gasteiger charge is 2.24. The summed E-state index contributed by atoms with van der Waals surface area (Å²) in [5.41, 5.74) is 8.66. The van der Waals surface area contributed by atoms with Gasteiger partial charge in [-0.2, -0.15) is 0 Å². The normalized spacial score (nSPS) is 11.0. The molecule has 0 unspecified atom stereocenters. The van der Waals surface area contributed by atoms with Gasteiger partial charge in [0.25, 0.3) is 11.6 Å². The molecule has 4 aromatic rings. The third-order valence-electron chi connectivity index (χ3n) is 5.90. The Morgan fingerprint density at radius 3 is 2.42 bits per heavy atom. The number of carbonyl (C=O) groups excluding carboxylic acids is 3. The number of hydrogen-bond acceptors (Lipinski definition) is 7.